The molecule has 17 heavy (non-hydrogen) atoms. The van der Waals surface area contributed by atoms with Gasteiger partial charge in [0.25, 0.3) is 0 Å². The van der Waals surface area contributed by atoms with Crippen molar-refractivity contribution in [2.24, 2.45) is 7.05 Å². The third kappa shape index (κ3) is 2.64. The van der Waals surface area contributed by atoms with Crippen LogP contribution >= 0.6 is 11.8 Å². The first kappa shape index (κ1) is 12.0. The molecule has 1 heterocycles. The number of hydrogen-bond donors (Lipinski definition) is 1. The highest BCUT2D eigenvalue weighted by Crippen LogP contribution is 2.27. The number of nitrogens with zero attached hydrogens (tertiary/aromatic N) is 2. The third-order valence-corrected chi connectivity index (χ3v) is 3.79. The van der Waals surface area contributed by atoms with Gasteiger partial charge in [-0.3, -0.25) is 4.68 Å². The van der Waals surface area contributed by atoms with E-state index in [2.05, 4.69) is 36.3 Å². The molecule has 2 aromatic rings. The lowest BCUT2D eigenvalue weighted by Gasteiger charge is -2.03. The zero-order chi connectivity index (χ0) is 12.4. The van der Waals surface area contributed by atoms with E-state index < -0.39 is 0 Å². The monoisotopic (exact) mass is 247 g/mol. The number of thioether (sulfide) groups is 1. The molecule has 0 radical (unpaired) electrons. The van der Waals surface area contributed by atoms with E-state index >= 15 is 0 Å². The van der Waals surface area contributed by atoms with Crippen LogP contribution in [0.5, 0.6) is 0 Å². The minimum absolute atomic E-state index is 0.766. The lowest BCUT2D eigenvalue weighted by Crippen LogP contribution is -1.98. The fraction of sp³-hybridized carbons (Fsp3) is 0.308. The Labute approximate surface area is 106 Å². The number of nitrogens with two attached hydrogens (primary N) is 1. The van der Waals surface area contributed by atoms with Crippen molar-refractivity contribution in [1.29, 1.82) is 0 Å². The number of nitrogen functional groups attached to an aromatic ring is 1. The summed E-state index contributed by atoms with van der Waals surface area (Å²) in [5, 5.41) is 4.32. The number of rotatable bonds is 3. The molecule has 0 saturated carbocycles. The molecular formula is C13H17N3S. The molecule has 1 aromatic carbocycles. The van der Waals surface area contributed by atoms with E-state index in [0.717, 1.165) is 22.8 Å². The van der Waals surface area contributed by atoms with Crippen LogP contribution in [0.2, 0.25) is 0 Å². The molecule has 0 atom stereocenters. The van der Waals surface area contributed by atoms with Crippen LogP contribution in [0.3, 0.4) is 0 Å². The van der Waals surface area contributed by atoms with E-state index in [9.17, 15) is 0 Å². The Bertz CT molecular complexity index is 531. The molecule has 0 spiro atoms. The molecule has 0 aliphatic heterocycles. The molecule has 1 aromatic heterocycles. The summed E-state index contributed by atoms with van der Waals surface area (Å²) in [6.45, 7) is 4.11. The molecule has 90 valence electrons. The Morgan fingerprint density at radius 2 is 2.12 bits per heavy atom. The molecule has 0 saturated heterocycles. The van der Waals surface area contributed by atoms with Crippen LogP contribution in [0, 0.1) is 13.8 Å². The maximum Gasteiger partial charge on any atom is 0.125 e. The predicted octanol–water partition coefficient (Wildman–Crippen LogP) is 2.91. The Balaban J connectivity index is 2.12. The first-order valence-corrected chi connectivity index (χ1v) is 6.54. The van der Waals surface area contributed by atoms with Crippen LogP contribution in [0.1, 0.15) is 16.8 Å². The summed E-state index contributed by atoms with van der Waals surface area (Å²) in [4.78, 5) is 1.27. The Hall–Kier alpha value is -1.42. The molecule has 0 amide bonds. The number of hydrogen-bond acceptors (Lipinski definition) is 3. The average molecular weight is 247 g/mol. The smallest absolute Gasteiger partial charge is 0.125 e. The zero-order valence-electron chi connectivity index (χ0n) is 10.4. The Kier molecular flexibility index (Phi) is 3.43. The Morgan fingerprint density at radius 1 is 1.35 bits per heavy atom. The van der Waals surface area contributed by atoms with Crippen LogP contribution in [-0.4, -0.2) is 9.78 Å². The molecule has 0 aliphatic rings. The van der Waals surface area contributed by atoms with Crippen molar-refractivity contribution in [3.05, 3.63) is 41.1 Å². The maximum absolute atomic E-state index is 5.98. The van der Waals surface area contributed by atoms with Crippen LogP contribution in [-0.2, 0) is 12.8 Å². The summed E-state index contributed by atoms with van der Waals surface area (Å²) in [5.41, 5.74) is 9.42. The molecule has 0 aliphatic carbocycles. The van der Waals surface area contributed by atoms with Crippen molar-refractivity contribution in [3.63, 3.8) is 0 Å². The number of benzene rings is 1. The summed E-state index contributed by atoms with van der Waals surface area (Å²) in [6.07, 6.45) is 0. The van der Waals surface area contributed by atoms with Gasteiger partial charge in [0.1, 0.15) is 5.82 Å². The topological polar surface area (TPSA) is 43.8 Å². The largest absolute Gasteiger partial charge is 0.384 e. The van der Waals surface area contributed by atoms with Gasteiger partial charge in [-0.05, 0) is 26.0 Å². The molecule has 2 N–H and O–H groups in total. The highest BCUT2D eigenvalue weighted by molar-refractivity contribution is 7.98. The maximum atomic E-state index is 5.98. The van der Waals surface area contributed by atoms with Crippen LogP contribution < -0.4 is 5.73 Å². The van der Waals surface area contributed by atoms with E-state index in [0.29, 0.717) is 0 Å². The second kappa shape index (κ2) is 4.84. The zero-order valence-corrected chi connectivity index (χ0v) is 11.2. The standard InChI is InChI=1S/C13H17N3S/c1-9-5-4-6-11(7-9)17-8-12-10(2)15-16(3)13(12)14/h4-7H,8,14H2,1-3H3. The fourth-order valence-electron chi connectivity index (χ4n) is 1.76. The van der Waals surface area contributed by atoms with Crippen LogP contribution in [0.25, 0.3) is 0 Å². The van der Waals surface area contributed by atoms with Gasteiger partial charge < -0.3 is 5.73 Å². The molecule has 0 unspecified atom stereocenters. The van der Waals surface area contributed by atoms with Gasteiger partial charge in [-0.15, -0.1) is 11.8 Å². The summed E-state index contributed by atoms with van der Waals surface area (Å²) in [6, 6.07) is 8.50. The van der Waals surface area contributed by atoms with Gasteiger partial charge in [0.2, 0.25) is 0 Å². The minimum Gasteiger partial charge on any atom is -0.384 e. The normalized spacial score (nSPS) is 10.8. The van der Waals surface area contributed by atoms with Crippen LogP contribution in [0.15, 0.2) is 29.2 Å². The second-order valence-electron chi connectivity index (χ2n) is 4.18. The average Bonchev–Trinajstić information content (AvgIpc) is 2.51. The van der Waals surface area contributed by atoms with Gasteiger partial charge in [-0.25, -0.2) is 0 Å². The first-order chi connectivity index (χ1) is 8.08. The summed E-state index contributed by atoms with van der Waals surface area (Å²) >= 11 is 1.80. The van der Waals surface area contributed by atoms with Crippen LogP contribution in [0.4, 0.5) is 5.82 Å². The summed E-state index contributed by atoms with van der Waals surface area (Å²) < 4.78 is 1.74. The molecule has 3 nitrogen and oxygen atoms in total. The van der Waals surface area contributed by atoms with Crippen molar-refractivity contribution >= 4 is 17.6 Å². The molecule has 0 bridgehead atoms. The van der Waals surface area contributed by atoms with Gasteiger partial charge in [0.15, 0.2) is 0 Å². The number of aryl methyl sites for hydroxylation is 3. The number of anilines is 1. The predicted molar refractivity (Wildman–Crippen MR) is 73.1 cm³/mol. The third-order valence-electron chi connectivity index (χ3n) is 2.77. The fourth-order valence-corrected chi connectivity index (χ4v) is 2.87. The minimum atomic E-state index is 0.766. The SMILES string of the molecule is Cc1cccc(SCc2c(C)nn(C)c2N)c1. The van der Waals surface area contributed by atoms with Crippen molar-refractivity contribution < 1.29 is 0 Å². The highest BCUT2D eigenvalue weighted by Gasteiger charge is 2.10. The molecule has 4 heteroatoms. The van der Waals surface area contributed by atoms with E-state index in [1.165, 1.54) is 10.5 Å². The van der Waals surface area contributed by atoms with Gasteiger partial charge in [0.05, 0.1) is 5.69 Å². The lowest BCUT2D eigenvalue weighted by atomic mass is 10.2. The molecular weight excluding hydrogens is 230 g/mol. The van der Waals surface area contributed by atoms with Crippen molar-refractivity contribution in [2.45, 2.75) is 24.5 Å². The van der Waals surface area contributed by atoms with E-state index in [1.54, 1.807) is 16.4 Å². The Morgan fingerprint density at radius 3 is 2.71 bits per heavy atom. The van der Waals surface area contributed by atoms with Gasteiger partial charge in [0, 0.05) is 23.3 Å². The molecule has 2 rings (SSSR count). The van der Waals surface area contributed by atoms with Gasteiger partial charge >= 0.3 is 0 Å². The summed E-state index contributed by atoms with van der Waals surface area (Å²) in [5.74, 6) is 1.64. The lowest BCUT2D eigenvalue weighted by molar-refractivity contribution is 0.767. The highest BCUT2D eigenvalue weighted by atomic mass is 32.2. The number of aromatic nitrogens is 2. The summed E-state index contributed by atoms with van der Waals surface area (Å²) in [7, 11) is 1.88. The molecule has 0 fully saturated rings. The van der Waals surface area contributed by atoms with Gasteiger partial charge in [-0.1, -0.05) is 17.7 Å². The second-order valence-corrected chi connectivity index (χ2v) is 5.23. The first-order valence-electron chi connectivity index (χ1n) is 5.55. The van der Waals surface area contributed by atoms with E-state index in [-0.39, 0.29) is 0 Å². The van der Waals surface area contributed by atoms with Gasteiger partial charge in [-0.2, -0.15) is 5.10 Å². The van der Waals surface area contributed by atoms with E-state index in [1.807, 2.05) is 14.0 Å². The van der Waals surface area contributed by atoms with Crippen molar-refractivity contribution in [1.82, 2.24) is 9.78 Å². The van der Waals surface area contributed by atoms with E-state index in [4.69, 9.17) is 5.73 Å². The quantitative estimate of drug-likeness (QED) is 0.848. The van der Waals surface area contributed by atoms with Crippen molar-refractivity contribution in [3.8, 4) is 0 Å². The van der Waals surface area contributed by atoms with Crippen molar-refractivity contribution in [2.75, 3.05) is 5.73 Å².